The number of aliphatic imine (C=N–C) groups is 1. The SMILES string of the molecule is CN=C(NCC1(OC)CCOCC1)NC1CCN(C(=O)OC)CC1.I. The van der Waals surface area contributed by atoms with Crippen molar-refractivity contribution < 1.29 is 19.0 Å². The summed E-state index contributed by atoms with van der Waals surface area (Å²) in [6.45, 7) is 3.55. The van der Waals surface area contributed by atoms with E-state index in [1.54, 1.807) is 19.1 Å². The summed E-state index contributed by atoms with van der Waals surface area (Å²) in [5.74, 6) is 0.773. The second kappa shape index (κ2) is 11.0. The fourth-order valence-corrected chi connectivity index (χ4v) is 3.16. The van der Waals surface area contributed by atoms with Crippen LogP contribution in [0, 0.1) is 0 Å². The number of methoxy groups -OCH3 is 2. The van der Waals surface area contributed by atoms with Crippen LogP contribution in [-0.4, -0.2) is 82.7 Å². The molecule has 2 fully saturated rings. The number of rotatable bonds is 4. The van der Waals surface area contributed by atoms with Crippen molar-refractivity contribution in [3.8, 4) is 0 Å². The van der Waals surface area contributed by atoms with Gasteiger partial charge in [0.1, 0.15) is 0 Å². The number of nitrogens with zero attached hydrogens (tertiary/aromatic N) is 2. The van der Waals surface area contributed by atoms with Crippen molar-refractivity contribution >= 4 is 36.0 Å². The van der Waals surface area contributed by atoms with Crippen LogP contribution in [-0.2, 0) is 14.2 Å². The Bertz CT molecular complexity index is 436. The number of amides is 1. The van der Waals surface area contributed by atoms with Crippen LogP contribution in [0.4, 0.5) is 4.79 Å². The summed E-state index contributed by atoms with van der Waals surface area (Å²) < 4.78 is 15.9. The first-order valence-electron chi connectivity index (χ1n) is 8.55. The zero-order valence-electron chi connectivity index (χ0n) is 15.4. The van der Waals surface area contributed by atoms with Crippen LogP contribution in [0.1, 0.15) is 25.7 Å². The summed E-state index contributed by atoms with van der Waals surface area (Å²) in [6.07, 6.45) is 3.26. The van der Waals surface area contributed by atoms with E-state index in [4.69, 9.17) is 14.2 Å². The number of nitrogens with one attached hydrogen (secondary N) is 2. The molecule has 0 saturated carbocycles. The molecule has 2 aliphatic heterocycles. The molecule has 8 nitrogen and oxygen atoms in total. The lowest BCUT2D eigenvalue weighted by Crippen LogP contribution is -2.54. The highest BCUT2D eigenvalue weighted by Crippen LogP contribution is 2.23. The van der Waals surface area contributed by atoms with Crippen molar-refractivity contribution in [1.29, 1.82) is 0 Å². The number of carbonyl (C=O) groups is 1. The summed E-state index contributed by atoms with van der Waals surface area (Å²) in [5, 5.41) is 6.81. The monoisotopic (exact) mass is 470 g/mol. The Hall–Kier alpha value is -0.810. The summed E-state index contributed by atoms with van der Waals surface area (Å²) in [5.41, 5.74) is -0.190. The van der Waals surface area contributed by atoms with Crippen molar-refractivity contribution in [1.82, 2.24) is 15.5 Å². The molecule has 146 valence electrons. The number of carbonyl (C=O) groups excluding carboxylic acids is 1. The van der Waals surface area contributed by atoms with Crippen LogP contribution in [0.3, 0.4) is 0 Å². The number of guanidine groups is 1. The Morgan fingerprint density at radius 2 is 1.92 bits per heavy atom. The molecule has 25 heavy (non-hydrogen) atoms. The molecule has 0 bridgehead atoms. The van der Waals surface area contributed by atoms with Crippen LogP contribution in [0.25, 0.3) is 0 Å². The molecule has 0 aromatic heterocycles. The van der Waals surface area contributed by atoms with E-state index in [9.17, 15) is 4.79 Å². The first-order chi connectivity index (χ1) is 11.6. The molecule has 2 aliphatic rings. The van der Waals surface area contributed by atoms with E-state index in [0.717, 1.165) is 44.9 Å². The van der Waals surface area contributed by atoms with Gasteiger partial charge in [0.25, 0.3) is 0 Å². The third kappa shape index (κ3) is 6.45. The summed E-state index contributed by atoms with van der Waals surface area (Å²) in [6, 6.07) is 0.297. The molecule has 0 spiro atoms. The van der Waals surface area contributed by atoms with Crippen LogP contribution in [0.15, 0.2) is 4.99 Å². The Balaban J connectivity index is 0.00000312. The van der Waals surface area contributed by atoms with Crippen LogP contribution < -0.4 is 10.6 Å². The molecular weight excluding hydrogens is 439 g/mol. The maximum Gasteiger partial charge on any atom is 0.409 e. The fraction of sp³-hybridized carbons (Fsp3) is 0.875. The average molecular weight is 470 g/mol. The van der Waals surface area contributed by atoms with Gasteiger partial charge in [-0.15, -0.1) is 24.0 Å². The molecule has 0 aromatic rings. The van der Waals surface area contributed by atoms with E-state index in [1.165, 1.54) is 7.11 Å². The largest absolute Gasteiger partial charge is 0.453 e. The molecule has 9 heteroatoms. The number of likely N-dealkylation sites (tertiary alicyclic amines) is 1. The van der Waals surface area contributed by atoms with Gasteiger partial charge in [0.05, 0.1) is 12.7 Å². The van der Waals surface area contributed by atoms with Gasteiger partial charge in [-0.2, -0.15) is 0 Å². The van der Waals surface area contributed by atoms with E-state index < -0.39 is 0 Å². The van der Waals surface area contributed by atoms with Gasteiger partial charge in [0.15, 0.2) is 5.96 Å². The van der Waals surface area contributed by atoms with Gasteiger partial charge in [-0.1, -0.05) is 0 Å². The van der Waals surface area contributed by atoms with Crippen LogP contribution in [0.2, 0.25) is 0 Å². The first kappa shape index (κ1) is 22.2. The zero-order valence-corrected chi connectivity index (χ0v) is 17.7. The molecule has 2 heterocycles. The number of piperidine rings is 1. The molecule has 1 amide bonds. The second-order valence-corrected chi connectivity index (χ2v) is 6.30. The van der Waals surface area contributed by atoms with Crippen molar-refractivity contribution in [2.45, 2.75) is 37.3 Å². The minimum atomic E-state index is -0.252. The lowest BCUT2D eigenvalue weighted by Gasteiger charge is -2.37. The third-order valence-corrected chi connectivity index (χ3v) is 4.91. The van der Waals surface area contributed by atoms with Crippen molar-refractivity contribution in [3.05, 3.63) is 0 Å². The maximum atomic E-state index is 11.5. The zero-order chi connectivity index (χ0) is 17.4. The van der Waals surface area contributed by atoms with Crippen molar-refractivity contribution in [2.75, 3.05) is 54.1 Å². The second-order valence-electron chi connectivity index (χ2n) is 6.30. The minimum absolute atomic E-state index is 0. The van der Waals surface area contributed by atoms with Gasteiger partial charge in [-0.05, 0) is 12.8 Å². The predicted molar refractivity (Wildman–Crippen MR) is 107 cm³/mol. The Morgan fingerprint density at radius 3 is 2.44 bits per heavy atom. The van der Waals surface area contributed by atoms with E-state index in [0.29, 0.717) is 25.7 Å². The molecule has 2 N–H and O–H groups in total. The predicted octanol–water partition coefficient (Wildman–Crippen LogP) is 1.20. The summed E-state index contributed by atoms with van der Waals surface area (Å²) in [4.78, 5) is 17.6. The fourth-order valence-electron chi connectivity index (χ4n) is 3.16. The molecule has 0 unspecified atom stereocenters. The van der Waals surface area contributed by atoms with Gasteiger partial charge in [-0.3, -0.25) is 4.99 Å². The average Bonchev–Trinajstić information content (AvgIpc) is 2.65. The lowest BCUT2D eigenvalue weighted by atomic mass is 9.94. The molecule has 0 atom stereocenters. The maximum absolute atomic E-state index is 11.5. The smallest absolute Gasteiger partial charge is 0.409 e. The summed E-state index contributed by atoms with van der Waals surface area (Å²) in [7, 11) is 4.94. The van der Waals surface area contributed by atoms with E-state index in [2.05, 4.69) is 15.6 Å². The molecular formula is C16H31IN4O4. The van der Waals surface area contributed by atoms with Gasteiger partial charge < -0.3 is 29.7 Å². The topological polar surface area (TPSA) is 84.4 Å². The molecule has 0 aromatic carbocycles. The number of hydrogen-bond donors (Lipinski definition) is 2. The standard InChI is InChI=1S/C16H30N4O4.HI/c1-17-14(18-12-16(23-3)6-10-24-11-7-16)19-13-4-8-20(9-5-13)15(21)22-2;/h13H,4-12H2,1-3H3,(H2,17,18,19);1H. The van der Waals surface area contributed by atoms with Gasteiger partial charge in [0.2, 0.25) is 0 Å². The van der Waals surface area contributed by atoms with Crippen LogP contribution in [0.5, 0.6) is 0 Å². The van der Waals surface area contributed by atoms with Gasteiger partial charge in [0, 0.05) is 65.9 Å². The normalized spacial score (nSPS) is 21.2. The molecule has 0 aliphatic carbocycles. The number of hydrogen-bond acceptors (Lipinski definition) is 5. The highest BCUT2D eigenvalue weighted by atomic mass is 127. The molecule has 2 rings (SSSR count). The number of halogens is 1. The van der Waals surface area contributed by atoms with Crippen LogP contribution >= 0.6 is 24.0 Å². The van der Waals surface area contributed by atoms with Crippen molar-refractivity contribution in [2.24, 2.45) is 4.99 Å². The Labute approximate surface area is 167 Å². The quantitative estimate of drug-likeness (QED) is 0.365. The van der Waals surface area contributed by atoms with E-state index in [1.807, 2.05) is 0 Å². The van der Waals surface area contributed by atoms with E-state index >= 15 is 0 Å². The minimum Gasteiger partial charge on any atom is -0.453 e. The lowest BCUT2D eigenvalue weighted by molar-refractivity contribution is -0.0855. The third-order valence-electron chi connectivity index (χ3n) is 4.91. The molecule has 2 saturated heterocycles. The van der Waals surface area contributed by atoms with Gasteiger partial charge >= 0.3 is 6.09 Å². The highest BCUT2D eigenvalue weighted by Gasteiger charge is 2.33. The number of ether oxygens (including phenoxy) is 3. The summed E-state index contributed by atoms with van der Waals surface area (Å²) >= 11 is 0. The Kier molecular flexibility index (Phi) is 9.80. The van der Waals surface area contributed by atoms with Gasteiger partial charge in [-0.25, -0.2) is 4.79 Å². The van der Waals surface area contributed by atoms with E-state index in [-0.39, 0.29) is 35.7 Å². The van der Waals surface area contributed by atoms with Crippen molar-refractivity contribution in [3.63, 3.8) is 0 Å². The molecule has 0 radical (unpaired) electrons. The Morgan fingerprint density at radius 1 is 1.28 bits per heavy atom. The first-order valence-corrected chi connectivity index (χ1v) is 8.55. The highest BCUT2D eigenvalue weighted by molar-refractivity contribution is 14.0.